The topological polar surface area (TPSA) is 49.7 Å². The van der Waals surface area contributed by atoms with Gasteiger partial charge in [0.25, 0.3) is 0 Å². The van der Waals surface area contributed by atoms with Crippen LogP contribution in [0.2, 0.25) is 0 Å². The minimum Gasteiger partial charge on any atom is -0.390 e. The van der Waals surface area contributed by atoms with E-state index in [-0.39, 0.29) is 6.10 Å². The summed E-state index contributed by atoms with van der Waals surface area (Å²) in [5, 5.41) is 18.4. The molecule has 0 aromatic rings. The van der Waals surface area contributed by atoms with E-state index in [0.29, 0.717) is 13.0 Å². The third-order valence-electron chi connectivity index (χ3n) is 1.90. The highest BCUT2D eigenvalue weighted by molar-refractivity contribution is 4.75. The first-order valence-electron chi connectivity index (χ1n) is 3.69. The van der Waals surface area contributed by atoms with E-state index >= 15 is 0 Å². The fraction of sp³-hybridized carbons (Fsp3) is 1.00. The van der Waals surface area contributed by atoms with Crippen molar-refractivity contribution in [1.82, 2.24) is 0 Å². The Kier molecular flexibility index (Phi) is 2.65. The van der Waals surface area contributed by atoms with Gasteiger partial charge in [-0.3, -0.25) is 0 Å². The van der Waals surface area contributed by atoms with E-state index in [2.05, 4.69) is 0 Å². The third kappa shape index (κ3) is 1.68. The summed E-state index contributed by atoms with van der Waals surface area (Å²) >= 11 is 0. The predicted octanol–water partition coefficient (Wildman–Crippen LogP) is -0.0929. The molecule has 2 N–H and O–H groups in total. The van der Waals surface area contributed by atoms with Gasteiger partial charge < -0.3 is 14.9 Å². The maximum atomic E-state index is 9.25. The van der Waals surface area contributed by atoms with Gasteiger partial charge in [-0.25, -0.2) is 0 Å². The molecular weight excluding hydrogens is 132 g/mol. The summed E-state index contributed by atoms with van der Waals surface area (Å²) in [5.74, 6) is 0. The molecule has 1 heterocycles. The molecule has 3 nitrogen and oxygen atoms in total. The molecule has 0 spiro atoms. The lowest BCUT2D eigenvalue weighted by atomic mass is 10.1. The van der Waals surface area contributed by atoms with Gasteiger partial charge in [-0.15, -0.1) is 0 Å². The summed E-state index contributed by atoms with van der Waals surface area (Å²) in [5.41, 5.74) is 0. The summed E-state index contributed by atoms with van der Waals surface area (Å²) in [6.45, 7) is 2.43. The van der Waals surface area contributed by atoms with Crippen LogP contribution in [0, 0.1) is 0 Å². The molecule has 1 aliphatic rings. The predicted molar refractivity (Wildman–Crippen MR) is 36.7 cm³/mol. The van der Waals surface area contributed by atoms with E-state index < -0.39 is 12.2 Å². The van der Waals surface area contributed by atoms with Gasteiger partial charge in [0.2, 0.25) is 0 Å². The van der Waals surface area contributed by atoms with Crippen molar-refractivity contribution in [1.29, 1.82) is 0 Å². The minimum absolute atomic E-state index is 0.225. The highest BCUT2D eigenvalue weighted by Crippen LogP contribution is 2.13. The van der Waals surface area contributed by atoms with Crippen LogP contribution >= 0.6 is 0 Å². The molecule has 0 unspecified atom stereocenters. The smallest absolute Gasteiger partial charge is 0.106 e. The van der Waals surface area contributed by atoms with Crippen LogP contribution in [-0.2, 0) is 4.74 Å². The average molecular weight is 146 g/mol. The third-order valence-corrected chi connectivity index (χ3v) is 1.90. The summed E-state index contributed by atoms with van der Waals surface area (Å²) in [6.07, 6.45) is -0.0499. The molecule has 1 saturated heterocycles. The summed E-state index contributed by atoms with van der Waals surface area (Å²) in [6, 6.07) is 0. The van der Waals surface area contributed by atoms with Gasteiger partial charge >= 0.3 is 0 Å². The zero-order valence-electron chi connectivity index (χ0n) is 6.16. The van der Waals surface area contributed by atoms with Crippen LogP contribution in [-0.4, -0.2) is 35.1 Å². The van der Waals surface area contributed by atoms with Crippen molar-refractivity contribution in [3.05, 3.63) is 0 Å². The number of aliphatic hydroxyl groups is 2. The molecule has 1 fully saturated rings. The molecule has 0 aromatic heterocycles. The van der Waals surface area contributed by atoms with Crippen molar-refractivity contribution in [2.45, 2.75) is 38.1 Å². The van der Waals surface area contributed by atoms with Crippen molar-refractivity contribution in [2.75, 3.05) is 6.61 Å². The minimum atomic E-state index is -0.706. The zero-order chi connectivity index (χ0) is 7.56. The molecule has 3 heteroatoms. The van der Waals surface area contributed by atoms with Gasteiger partial charge in [0, 0.05) is 6.61 Å². The largest absolute Gasteiger partial charge is 0.390 e. The van der Waals surface area contributed by atoms with E-state index in [9.17, 15) is 10.2 Å². The Morgan fingerprint density at radius 1 is 1.40 bits per heavy atom. The van der Waals surface area contributed by atoms with Crippen LogP contribution in [0.5, 0.6) is 0 Å². The Hall–Kier alpha value is -0.120. The fourth-order valence-corrected chi connectivity index (χ4v) is 1.14. The van der Waals surface area contributed by atoms with Gasteiger partial charge in [-0.1, -0.05) is 0 Å². The van der Waals surface area contributed by atoms with Crippen LogP contribution in [0.25, 0.3) is 0 Å². The molecular formula is C7H14O3. The molecule has 60 valence electrons. The first-order valence-corrected chi connectivity index (χ1v) is 3.69. The fourth-order valence-electron chi connectivity index (χ4n) is 1.14. The summed E-state index contributed by atoms with van der Waals surface area (Å²) in [4.78, 5) is 0. The SMILES string of the molecule is C[C@@H]1OCCC[C@@H](O)[C@H]1O. The Bertz CT molecular complexity index is 93.0. The van der Waals surface area contributed by atoms with Crippen LogP contribution in [0.1, 0.15) is 19.8 Å². The van der Waals surface area contributed by atoms with Crippen LogP contribution in [0.4, 0.5) is 0 Å². The summed E-state index contributed by atoms with van der Waals surface area (Å²) in [7, 11) is 0. The number of hydrogen-bond acceptors (Lipinski definition) is 3. The molecule has 0 radical (unpaired) electrons. The van der Waals surface area contributed by atoms with Crippen LogP contribution in [0.3, 0.4) is 0 Å². The number of rotatable bonds is 0. The van der Waals surface area contributed by atoms with E-state index in [0.717, 1.165) is 6.42 Å². The van der Waals surface area contributed by atoms with Crippen LogP contribution in [0.15, 0.2) is 0 Å². The van der Waals surface area contributed by atoms with E-state index in [1.54, 1.807) is 6.92 Å². The monoisotopic (exact) mass is 146 g/mol. The molecule has 1 aliphatic heterocycles. The van der Waals surface area contributed by atoms with Crippen molar-refractivity contribution in [3.8, 4) is 0 Å². The maximum Gasteiger partial charge on any atom is 0.106 e. The Labute approximate surface area is 60.6 Å². The van der Waals surface area contributed by atoms with Crippen molar-refractivity contribution in [2.24, 2.45) is 0 Å². The van der Waals surface area contributed by atoms with E-state index in [1.165, 1.54) is 0 Å². The van der Waals surface area contributed by atoms with Gasteiger partial charge in [0.15, 0.2) is 0 Å². The maximum absolute atomic E-state index is 9.25. The van der Waals surface area contributed by atoms with Crippen molar-refractivity contribution in [3.63, 3.8) is 0 Å². The molecule has 0 bridgehead atoms. The zero-order valence-corrected chi connectivity index (χ0v) is 6.16. The van der Waals surface area contributed by atoms with Crippen LogP contribution < -0.4 is 0 Å². The average Bonchev–Trinajstić information content (AvgIpc) is 2.04. The highest BCUT2D eigenvalue weighted by atomic mass is 16.5. The van der Waals surface area contributed by atoms with Crippen molar-refractivity contribution < 1.29 is 14.9 Å². The molecule has 0 aromatic carbocycles. The Morgan fingerprint density at radius 3 is 2.80 bits per heavy atom. The highest BCUT2D eigenvalue weighted by Gasteiger charge is 2.25. The van der Waals surface area contributed by atoms with Gasteiger partial charge in [0.05, 0.1) is 12.2 Å². The Morgan fingerprint density at radius 2 is 2.10 bits per heavy atom. The van der Waals surface area contributed by atoms with Gasteiger partial charge in [-0.05, 0) is 19.8 Å². The quantitative estimate of drug-likeness (QED) is 0.502. The van der Waals surface area contributed by atoms with E-state index in [1.807, 2.05) is 0 Å². The second kappa shape index (κ2) is 3.32. The Balaban J connectivity index is 2.46. The van der Waals surface area contributed by atoms with Crippen molar-refractivity contribution >= 4 is 0 Å². The standard InChI is InChI=1S/C7H14O3/c1-5-7(9)6(8)3-2-4-10-5/h5-9H,2-4H2,1H3/t5-,6+,7-/m0/s1. The molecule has 1 rings (SSSR count). The first kappa shape index (κ1) is 7.98. The molecule has 10 heavy (non-hydrogen) atoms. The second-order valence-corrected chi connectivity index (χ2v) is 2.78. The molecule has 0 amide bonds. The van der Waals surface area contributed by atoms with Gasteiger partial charge in [-0.2, -0.15) is 0 Å². The second-order valence-electron chi connectivity index (χ2n) is 2.78. The van der Waals surface area contributed by atoms with E-state index in [4.69, 9.17) is 4.74 Å². The number of hydrogen-bond donors (Lipinski definition) is 2. The summed E-state index contributed by atoms with van der Waals surface area (Å²) < 4.78 is 5.18. The first-order chi connectivity index (χ1) is 4.72. The lowest BCUT2D eigenvalue weighted by Crippen LogP contribution is -2.34. The number of ether oxygens (including phenoxy) is 1. The molecule has 3 atom stereocenters. The lowest BCUT2D eigenvalue weighted by Gasteiger charge is -2.19. The number of aliphatic hydroxyl groups excluding tert-OH is 2. The normalized spacial score (nSPS) is 42.9. The lowest BCUT2D eigenvalue weighted by molar-refractivity contribution is -0.0617. The molecule has 0 aliphatic carbocycles. The van der Waals surface area contributed by atoms with Gasteiger partial charge in [0.1, 0.15) is 6.10 Å². The molecule has 0 saturated carbocycles.